The normalized spacial score (nSPS) is 22.6. The standard InChI is InChI=1S/C27H36FN5O4/c1-26(2,3)37-25(34)33-9-7-27(18-33)6-8-32(17-27)24-23(15-29-19-30-24)36-22-5-4-21(28)14-20(22)16-31-10-12-35-13-11-31/h4-5,14-15,19H,6-13,16-18H2,1-3H3. The van der Waals surface area contributed by atoms with Crippen LogP contribution in [0.5, 0.6) is 11.5 Å². The molecule has 10 heteroatoms. The highest BCUT2D eigenvalue weighted by atomic mass is 19.1. The van der Waals surface area contributed by atoms with E-state index >= 15 is 0 Å². The van der Waals surface area contributed by atoms with Gasteiger partial charge >= 0.3 is 6.09 Å². The average Bonchev–Trinajstić information content (AvgIpc) is 3.47. The number of carbonyl (C=O) groups is 1. The largest absolute Gasteiger partial charge is 0.451 e. The number of amides is 1. The van der Waals surface area contributed by atoms with Gasteiger partial charge in [-0.3, -0.25) is 4.90 Å². The van der Waals surface area contributed by atoms with Crippen LogP contribution in [0, 0.1) is 11.2 Å². The molecule has 3 aliphatic rings. The summed E-state index contributed by atoms with van der Waals surface area (Å²) < 4.78 is 31.5. The van der Waals surface area contributed by atoms with Crippen LogP contribution in [0.4, 0.5) is 15.0 Å². The molecule has 4 heterocycles. The Bertz CT molecular complexity index is 1120. The van der Waals surface area contributed by atoms with Crippen LogP contribution >= 0.6 is 0 Å². The first-order valence-electron chi connectivity index (χ1n) is 13.0. The van der Waals surface area contributed by atoms with E-state index in [0.29, 0.717) is 50.2 Å². The van der Waals surface area contributed by atoms with Crippen molar-refractivity contribution in [2.45, 2.75) is 45.8 Å². The van der Waals surface area contributed by atoms with E-state index in [-0.39, 0.29) is 17.3 Å². The van der Waals surface area contributed by atoms with Crippen LogP contribution in [-0.2, 0) is 16.0 Å². The number of morpholine rings is 1. The first-order valence-corrected chi connectivity index (χ1v) is 13.0. The van der Waals surface area contributed by atoms with E-state index < -0.39 is 5.60 Å². The summed E-state index contributed by atoms with van der Waals surface area (Å²) in [5.74, 6) is 1.55. The molecule has 0 saturated carbocycles. The zero-order chi connectivity index (χ0) is 26.0. The Labute approximate surface area is 217 Å². The van der Waals surface area contributed by atoms with Crippen molar-refractivity contribution in [3.63, 3.8) is 0 Å². The predicted octanol–water partition coefficient (Wildman–Crippen LogP) is 4.08. The van der Waals surface area contributed by atoms with Crippen molar-refractivity contribution in [1.82, 2.24) is 19.8 Å². The number of halogens is 1. The van der Waals surface area contributed by atoms with Gasteiger partial charge in [0.1, 0.15) is 23.5 Å². The summed E-state index contributed by atoms with van der Waals surface area (Å²) in [5.41, 5.74) is 0.262. The van der Waals surface area contributed by atoms with Gasteiger partial charge in [-0.25, -0.2) is 19.2 Å². The van der Waals surface area contributed by atoms with Crippen LogP contribution in [-0.4, -0.2) is 83.9 Å². The Morgan fingerprint density at radius 1 is 1.11 bits per heavy atom. The molecule has 200 valence electrons. The van der Waals surface area contributed by atoms with Gasteiger partial charge in [-0.05, 0) is 51.8 Å². The van der Waals surface area contributed by atoms with E-state index in [4.69, 9.17) is 14.2 Å². The third kappa shape index (κ3) is 6.13. The molecule has 1 aromatic carbocycles. The summed E-state index contributed by atoms with van der Waals surface area (Å²) >= 11 is 0. The monoisotopic (exact) mass is 513 g/mol. The fourth-order valence-electron chi connectivity index (χ4n) is 5.38. The van der Waals surface area contributed by atoms with Gasteiger partial charge in [0.05, 0.1) is 19.4 Å². The molecule has 5 rings (SSSR count). The molecule has 3 aliphatic heterocycles. The fraction of sp³-hybridized carbons (Fsp3) is 0.593. The Hall–Kier alpha value is -2.98. The van der Waals surface area contributed by atoms with E-state index in [2.05, 4.69) is 19.8 Å². The molecule has 0 N–H and O–H groups in total. The highest BCUT2D eigenvalue weighted by Gasteiger charge is 2.46. The number of aromatic nitrogens is 2. The van der Waals surface area contributed by atoms with Gasteiger partial charge in [0, 0.05) is 56.8 Å². The molecule has 2 aromatic rings. The third-order valence-electron chi connectivity index (χ3n) is 7.23. The van der Waals surface area contributed by atoms with Crippen molar-refractivity contribution in [2.75, 3.05) is 57.4 Å². The molecule has 1 spiro atoms. The Balaban J connectivity index is 1.30. The van der Waals surface area contributed by atoms with Crippen LogP contribution in [0.15, 0.2) is 30.7 Å². The molecule has 0 radical (unpaired) electrons. The number of hydrogen-bond acceptors (Lipinski definition) is 8. The lowest BCUT2D eigenvalue weighted by Gasteiger charge is -2.28. The molecule has 0 aliphatic carbocycles. The number of carbonyl (C=O) groups excluding carboxylic acids is 1. The Morgan fingerprint density at radius 3 is 2.68 bits per heavy atom. The van der Waals surface area contributed by atoms with Crippen molar-refractivity contribution >= 4 is 11.9 Å². The summed E-state index contributed by atoms with van der Waals surface area (Å²) in [4.78, 5) is 27.6. The molecule has 1 atom stereocenters. The third-order valence-corrected chi connectivity index (χ3v) is 7.23. The molecule has 37 heavy (non-hydrogen) atoms. The fourth-order valence-corrected chi connectivity index (χ4v) is 5.38. The Kier molecular flexibility index (Phi) is 7.22. The maximum absolute atomic E-state index is 14.1. The van der Waals surface area contributed by atoms with Gasteiger partial charge in [-0.2, -0.15) is 0 Å². The molecule has 9 nitrogen and oxygen atoms in total. The van der Waals surface area contributed by atoms with Crippen molar-refractivity contribution < 1.29 is 23.4 Å². The lowest BCUT2D eigenvalue weighted by molar-refractivity contribution is 0.0276. The zero-order valence-corrected chi connectivity index (χ0v) is 21.9. The van der Waals surface area contributed by atoms with Crippen LogP contribution in [0.2, 0.25) is 0 Å². The number of likely N-dealkylation sites (tertiary alicyclic amines) is 1. The summed E-state index contributed by atoms with van der Waals surface area (Å²) in [6, 6.07) is 4.61. The van der Waals surface area contributed by atoms with E-state index in [1.54, 1.807) is 12.3 Å². The van der Waals surface area contributed by atoms with E-state index in [1.807, 2.05) is 25.7 Å². The topological polar surface area (TPSA) is 80.3 Å². The first kappa shape index (κ1) is 25.7. The van der Waals surface area contributed by atoms with E-state index in [0.717, 1.165) is 44.6 Å². The van der Waals surface area contributed by atoms with Gasteiger partial charge in [-0.15, -0.1) is 0 Å². The summed E-state index contributed by atoms with van der Waals surface area (Å²) in [6.45, 7) is 12.1. The lowest BCUT2D eigenvalue weighted by Crippen LogP contribution is -2.37. The van der Waals surface area contributed by atoms with Crippen LogP contribution in [0.25, 0.3) is 0 Å². The molecule has 1 amide bonds. The summed E-state index contributed by atoms with van der Waals surface area (Å²) in [5, 5.41) is 0. The van der Waals surface area contributed by atoms with E-state index in [9.17, 15) is 9.18 Å². The zero-order valence-electron chi connectivity index (χ0n) is 21.9. The van der Waals surface area contributed by atoms with Crippen LogP contribution in [0.1, 0.15) is 39.2 Å². The molecule has 1 unspecified atom stereocenters. The summed E-state index contributed by atoms with van der Waals surface area (Å²) in [6.07, 6.45) is 4.81. The smallest absolute Gasteiger partial charge is 0.410 e. The molecular formula is C27H36FN5O4. The second-order valence-electron chi connectivity index (χ2n) is 11.3. The second-order valence-corrected chi connectivity index (χ2v) is 11.3. The number of nitrogens with zero attached hydrogens (tertiary/aromatic N) is 5. The minimum atomic E-state index is -0.511. The second kappa shape index (κ2) is 10.4. The minimum absolute atomic E-state index is 0.00348. The number of benzene rings is 1. The first-order chi connectivity index (χ1) is 17.7. The molecule has 1 aromatic heterocycles. The van der Waals surface area contributed by atoms with Gasteiger partial charge < -0.3 is 24.0 Å². The SMILES string of the molecule is CC(C)(C)OC(=O)N1CCC2(CCN(c3ncncc3Oc3ccc(F)cc3CN3CCOCC3)C2)C1. The van der Waals surface area contributed by atoms with Crippen molar-refractivity contribution in [2.24, 2.45) is 5.41 Å². The molecular weight excluding hydrogens is 477 g/mol. The predicted molar refractivity (Wildman–Crippen MR) is 136 cm³/mol. The molecule has 0 bridgehead atoms. The van der Waals surface area contributed by atoms with Gasteiger partial charge in [-0.1, -0.05) is 0 Å². The van der Waals surface area contributed by atoms with Crippen LogP contribution in [0.3, 0.4) is 0 Å². The van der Waals surface area contributed by atoms with Gasteiger partial charge in [0.25, 0.3) is 0 Å². The van der Waals surface area contributed by atoms with Crippen molar-refractivity contribution in [3.05, 3.63) is 42.1 Å². The molecule has 3 saturated heterocycles. The summed E-state index contributed by atoms with van der Waals surface area (Å²) in [7, 11) is 0. The minimum Gasteiger partial charge on any atom is -0.451 e. The lowest BCUT2D eigenvalue weighted by atomic mass is 9.86. The Morgan fingerprint density at radius 2 is 1.89 bits per heavy atom. The number of anilines is 1. The number of hydrogen-bond donors (Lipinski definition) is 0. The average molecular weight is 514 g/mol. The number of ether oxygens (including phenoxy) is 3. The van der Waals surface area contributed by atoms with Crippen molar-refractivity contribution in [1.29, 1.82) is 0 Å². The number of rotatable bonds is 5. The van der Waals surface area contributed by atoms with Gasteiger partial charge in [0.15, 0.2) is 11.6 Å². The van der Waals surface area contributed by atoms with Crippen LogP contribution < -0.4 is 9.64 Å². The maximum atomic E-state index is 14.1. The quantitative estimate of drug-likeness (QED) is 0.592. The van der Waals surface area contributed by atoms with E-state index in [1.165, 1.54) is 18.5 Å². The maximum Gasteiger partial charge on any atom is 0.410 e. The highest BCUT2D eigenvalue weighted by molar-refractivity contribution is 5.68. The molecule has 3 fully saturated rings. The van der Waals surface area contributed by atoms with Gasteiger partial charge in [0.2, 0.25) is 0 Å². The van der Waals surface area contributed by atoms with Crippen molar-refractivity contribution in [3.8, 4) is 11.5 Å². The highest BCUT2D eigenvalue weighted by Crippen LogP contribution is 2.43.